The Hall–Kier alpha value is -2.24. The molecule has 0 aromatic carbocycles. The van der Waals surface area contributed by atoms with Gasteiger partial charge in [-0.2, -0.15) is 0 Å². The number of imide groups is 1. The number of carbonyl (C=O) groups is 2. The Bertz CT molecular complexity index is 625. The topological polar surface area (TPSA) is 75.2 Å². The number of allylic oxidation sites excluding steroid dienone is 2. The number of aryl methyl sites for hydroxylation is 1. The quantitative estimate of drug-likeness (QED) is 0.663. The Labute approximate surface area is 128 Å². The van der Waals surface area contributed by atoms with Gasteiger partial charge in [0.1, 0.15) is 0 Å². The molecule has 6 nitrogen and oxygen atoms in total. The smallest absolute Gasteiger partial charge is 0.233 e. The zero-order chi connectivity index (χ0) is 15.3. The molecule has 3 aliphatic rings. The highest BCUT2D eigenvalue weighted by Crippen LogP contribution is 2.52. The van der Waals surface area contributed by atoms with Gasteiger partial charge in [-0.15, -0.1) is 0 Å². The zero-order valence-electron chi connectivity index (χ0n) is 12.4. The second-order valence-electron chi connectivity index (χ2n) is 6.34. The second-order valence-corrected chi connectivity index (χ2v) is 6.34. The van der Waals surface area contributed by atoms with Gasteiger partial charge in [-0.1, -0.05) is 12.2 Å². The number of hydrogen-bond donors (Lipinski definition) is 1. The molecule has 1 aromatic rings. The zero-order valence-corrected chi connectivity index (χ0v) is 12.4. The predicted molar refractivity (Wildman–Crippen MR) is 79.7 cm³/mol. The molecule has 2 bridgehead atoms. The predicted octanol–water partition coefficient (Wildman–Crippen LogP) is 1.00. The SMILES string of the molecule is Cc1cnc(NCCN2C(=O)C3C4C=CC(C4)C3C2=O)nc1. The first-order chi connectivity index (χ1) is 10.6. The molecule has 2 amide bonds. The number of carbonyl (C=O) groups excluding carboxylic acids is 2. The summed E-state index contributed by atoms with van der Waals surface area (Å²) in [5.74, 6) is 0.828. The molecule has 1 N–H and O–H groups in total. The summed E-state index contributed by atoms with van der Waals surface area (Å²) in [7, 11) is 0. The maximum atomic E-state index is 12.5. The lowest BCUT2D eigenvalue weighted by molar-refractivity contribution is -0.140. The van der Waals surface area contributed by atoms with Crippen molar-refractivity contribution in [3.05, 3.63) is 30.1 Å². The molecule has 2 fully saturated rings. The van der Waals surface area contributed by atoms with Crippen molar-refractivity contribution in [2.45, 2.75) is 13.3 Å². The molecule has 4 atom stereocenters. The van der Waals surface area contributed by atoms with Crippen molar-refractivity contribution >= 4 is 17.8 Å². The summed E-state index contributed by atoms with van der Waals surface area (Å²) in [6.45, 7) is 2.77. The van der Waals surface area contributed by atoms with Crippen LogP contribution in [0.2, 0.25) is 0 Å². The molecule has 1 aromatic heterocycles. The Morgan fingerprint density at radius 2 is 1.73 bits per heavy atom. The first-order valence-corrected chi connectivity index (χ1v) is 7.71. The van der Waals surface area contributed by atoms with Crippen molar-refractivity contribution in [1.82, 2.24) is 14.9 Å². The summed E-state index contributed by atoms with van der Waals surface area (Å²) in [6.07, 6.45) is 8.65. The van der Waals surface area contributed by atoms with E-state index in [1.807, 2.05) is 6.92 Å². The Kier molecular flexibility index (Phi) is 2.99. The fourth-order valence-corrected chi connectivity index (χ4v) is 3.95. The van der Waals surface area contributed by atoms with Gasteiger partial charge in [0, 0.05) is 25.5 Å². The van der Waals surface area contributed by atoms with Gasteiger partial charge in [-0.05, 0) is 30.7 Å². The Balaban J connectivity index is 1.39. The molecule has 1 aliphatic heterocycles. The summed E-state index contributed by atoms with van der Waals surface area (Å²) in [5, 5.41) is 3.06. The number of amides is 2. The molecule has 2 aliphatic carbocycles. The van der Waals surface area contributed by atoms with Crippen LogP contribution in [-0.2, 0) is 9.59 Å². The van der Waals surface area contributed by atoms with Crippen LogP contribution in [0.25, 0.3) is 0 Å². The number of nitrogens with zero attached hydrogens (tertiary/aromatic N) is 3. The fraction of sp³-hybridized carbons (Fsp3) is 0.500. The third-order valence-electron chi connectivity index (χ3n) is 4.96. The van der Waals surface area contributed by atoms with Crippen molar-refractivity contribution in [2.75, 3.05) is 18.4 Å². The number of nitrogens with one attached hydrogen (secondary N) is 1. The summed E-state index contributed by atoms with van der Waals surface area (Å²) in [4.78, 5) is 34.7. The van der Waals surface area contributed by atoms with E-state index in [-0.39, 0.29) is 35.5 Å². The van der Waals surface area contributed by atoms with E-state index >= 15 is 0 Å². The van der Waals surface area contributed by atoms with Crippen LogP contribution in [-0.4, -0.2) is 39.8 Å². The molecule has 1 saturated heterocycles. The minimum absolute atomic E-state index is 0.00141. The number of rotatable bonds is 4. The van der Waals surface area contributed by atoms with Gasteiger partial charge in [0.05, 0.1) is 11.8 Å². The number of aromatic nitrogens is 2. The largest absolute Gasteiger partial charge is 0.352 e. The van der Waals surface area contributed by atoms with Crippen LogP contribution >= 0.6 is 0 Å². The van der Waals surface area contributed by atoms with Crippen LogP contribution in [0, 0.1) is 30.6 Å². The molecule has 2 heterocycles. The number of fused-ring (bicyclic) bond motifs is 5. The van der Waals surface area contributed by atoms with Crippen molar-refractivity contribution in [2.24, 2.45) is 23.7 Å². The molecule has 0 spiro atoms. The minimum Gasteiger partial charge on any atom is -0.352 e. The van der Waals surface area contributed by atoms with Gasteiger partial charge < -0.3 is 5.32 Å². The van der Waals surface area contributed by atoms with Gasteiger partial charge >= 0.3 is 0 Å². The third-order valence-corrected chi connectivity index (χ3v) is 4.96. The van der Waals surface area contributed by atoms with Gasteiger partial charge in [0.25, 0.3) is 0 Å². The average molecular weight is 298 g/mol. The molecule has 4 rings (SSSR count). The molecular formula is C16H18N4O2. The van der Waals surface area contributed by atoms with E-state index in [2.05, 4.69) is 27.4 Å². The maximum Gasteiger partial charge on any atom is 0.233 e. The van der Waals surface area contributed by atoms with E-state index in [0.717, 1.165) is 12.0 Å². The second kappa shape index (κ2) is 4.90. The summed E-state index contributed by atoms with van der Waals surface area (Å²) in [5.41, 5.74) is 0.992. The first kappa shape index (κ1) is 13.4. The lowest BCUT2D eigenvalue weighted by Crippen LogP contribution is -2.36. The van der Waals surface area contributed by atoms with Crippen molar-refractivity contribution in [3.63, 3.8) is 0 Å². The highest BCUT2D eigenvalue weighted by atomic mass is 16.2. The first-order valence-electron chi connectivity index (χ1n) is 7.71. The normalized spacial score (nSPS) is 32.0. The van der Waals surface area contributed by atoms with Gasteiger partial charge in [0.15, 0.2) is 0 Å². The molecular weight excluding hydrogens is 280 g/mol. The standard InChI is InChI=1S/C16H18N4O2/c1-9-7-18-16(19-8-9)17-4-5-20-14(21)12-10-2-3-11(6-10)13(12)15(20)22/h2-3,7-8,10-13H,4-6H2,1H3,(H,17,18,19). The highest BCUT2D eigenvalue weighted by Gasteiger charge is 2.58. The van der Waals surface area contributed by atoms with Gasteiger partial charge in [-0.3, -0.25) is 14.5 Å². The van der Waals surface area contributed by atoms with E-state index in [4.69, 9.17) is 0 Å². The van der Waals surface area contributed by atoms with Gasteiger partial charge in [-0.25, -0.2) is 9.97 Å². The van der Waals surface area contributed by atoms with Crippen molar-refractivity contribution in [1.29, 1.82) is 0 Å². The Morgan fingerprint density at radius 3 is 2.32 bits per heavy atom. The van der Waals surface area contributed by atoms with Crippen LogP contribution < -0.4 is 5.32 Å². The van der Waals surface area contributed by atoms with E-state index in [1.165, 1.54) is 4.90 Å². The molecule has 114 valence electrons. The van der Waals surface area contributed by atoms with E-state index in [1.54, 1.807) is 12.4 Å². The highest BCUT2D eigenvalue weighted by molar-refractivity contribution is 6.06. The van der Waals surface area contributed by atoms with Crippen LogP contribution in [0.1, 0.15) is 12.0 Å². The number of hydrogen-bond acceptors (Lipinski definition) is 5. The molecule has 1 saturated carbocycles. The summed E-state index contributed by atoms with van der Waals surface area (Å²) < 4.78 is 0. The molecule has 0 radical (unpaired) electrons. The van der Waals surface area contributed by atoms with Crippen molar-refractivity contribution in [3.8, 4) is 0 Å². The van der Waals surface area contributed by atoms with E-state index < -0.39 is 0 Å². The lowest BCUT2D eigenvalue weighted by Gasteiger charge is -2.17. The molecule has 4 unspecified atom stereocenters. The molecule has 6 heteroatoms. The maximum absolute atomic E-state index is 12.5. The summed E-state index contributed by atoms with van der Waals surface area (Å²) >= 11 is 0. The number of likely N-dealkylation sites (tertiary alicyclic amines) is 1. The fourth-order valence-electron chi connectivity index (χ4n) is 3.95. The van der Waals surface area contributed by atoms with Gasteiger partial charge in [0.2, 0.25) is 17.8 Å². The lowest BCUT2D eigenvalue weighted by atomic mass is 9.85. The Morgan fingerprint density at radius 1 is 1.14 bits per heavy atom. The van der Waals surface area contributed by atoms with Crippen LogP contribution in [0.15, 0.2) is 24.5 Å². The van der Waals surface area contributed by atoms with Crippen LogP contribution in [0.4, 0.5) is 5.95 Å². The third kappa shape index (κ3) is 1.94. The van der Waals surface area contributed by atoms with E-state index in [0.29, 0.717) is 19.0 Å². The average Bonchev–Trinajstić information content (AvgIpc) is 3.18. The van der Waals surface area contributed by atoms with Crippen molar-refractivity contribution < 1.29 is 9.59 Å². The molecule has 22 heavy (non-hydrogen) atoms. The number of anilines is 1. The monoisotopic (exact) mass is 298 g/mol. The van der Waals surface area contributed by atoms with Crippen LogP contribution in [0.3, 0.4) is 0 Å². The summed E-state index contributed by atoms with van der Waals surface area (Å²) in [6, 6.07) is 0. The minimum atomic E-state index is -0.113. The van der Waals surface area contributed by atoms with Crippen LogP contribution in [0.5, 0.6) is 0 Å². The van der Waals surface area contributed by atoms with E-state index in [9.17, 15) is 9.59 Å².